The quantitative estimate of drug-likeness (QED) is 0.571. The minimum Gasteiger partial charge on any atom is -0.357 e. The summed E-state index contributed by atoms with van der Waals surface area (Å²) in [7, 11) is 0. The van der Waals surface area contributed by atoms with Crippen molar-refractivity contribution in [2.24, 2.45) is 11.3 Å². The zero-order valence-electron chi connectivity index (χ0n) is 12.3. The highest BCUT2D eigenvalue weighted by molar-refractivity contribution is 4.91. The van der Waals surface area contributed by atoms with Crippen molar-refractivity contribution in [1.82, 2.24) is 5.32 Å². The van der Waals surface area contributed by atoms with Gasteiger partial charge in [0.15, 0.2) is 0 Å². The predicted octanol–water partition coefficient (Wildman–Crippen LogP) is 3.90. The monoisotopic (exact) mass is 251 g/mol. The molecule has 0 aromatic carbocycles. The van der Waals surface area contributed by atoms with Gasteiger partial charge < -0.3 is 4.74 Å². The average Bonchev–Trinajstić information content (AvgIpc) is 2.33. The minimum atomic E-state index is -0.163. The number of rotatable bonds is 6. The highest BCUT2D eigenvalue weighted by Gasteiger charge is 2.38. The number of nitrogens with one attached hydrogen (secondary N) is 1. The van der Waals surface area contributed by atoms with Crippen LogP contribution < -0.4 is 5.32 Å². The molecule has 2 heteroatoms. The number of hydrogen-bond acceptors (Lipinski definition) is 2. The van der Waals surface area contributed by atoms with Crippen LogP contribution in [0.15, 0.2) is 25.3 Å². The van der Waals surface area contributed by atoms with E-state index in [1.807, 2.05) is 12.2 Å². The maximum atomic E-state index is 6.01. The van der Waals surface area contributed by atoms with Gasteiger partial charge in [0.25, 0.3) is 0 Å². The Balaban J connectivity index is 2.60. The predicted molar refractivity (Wildman–Crippen MR) is 78.5 cm³/mol. The molecule has 1 aliphatic carbocycles. The molecule has 1 aliphatic rings. The summed E-state index contributed by atoms with van der Waals surface area (Å²) in [4.78, 5) is 0. The standard InChI is InChI=1S/C16H29NO/c1-6-12-17-16(18-13-7-2)10-8-14(9-11-16)15(3,4)5/h6-7,14,17H,1-2,8-13H2,3-5H3. The first-order valence-corrected chi connectivity index (χ1v) is 7.04. The average molecular weight is 251 g/mol. The summed E-state index contributed by atoms with van der Waals surface area (Å²) in [5, 5.41) is 3.50. The Morgan fingerprint density at radius 3 is 2.28 bits per heavy atom. The summed E-state index contributed by atoms with van der Waals surface area (Å²) >= 11 is 0. The van der Waals surface area contributed by atoms with Gasteiger partial charge in [0, 0.05) is 6.54 Å². The fourth-order valence-electron chi connectivity index (χ4n) is 2.80. The molecular weight excluding hydrogens is 222 g/mol. The van der Waals surface area contributed by atoms with E-state index in [9.17, 15) is 0 Å². The fourth-order valence-corrected chi connectivity index (χ4v) is 2.80. The Bertz CT molecular complexity index is 255. The fraction of sp³-hybridized carbons (Fsp3) is 0.750. The molecule has 0 saturated heterocycles. The van der Waals surface area contributed by atoms with Crippen molar-refractivity contribution in [3.05, 3.63) is 25.3 Å². The van der Waals surface area contributed by atoms with Crippen molar-refractivity contribution in [3.8, 4) is 0 Å². The third-order valence-corrected chi connectivity index (χ3v) is 4.06. The van der Waals surface area contributed by atoms with E-state index in [-0.39, 0.29) is 5.72 Å². The van der Waals surface area contributed by atoms with Crippen molar-refractivity contribution in [3.63, 3.8) is 0 Å². The van der Waals surface area contributed by atoms with Gasteiger partial charge in [0.2, 0.25) is 0 Å². The van der Waals surface area contributed by atoms with E-state index in [0.717, 1.165) is 25.3 Å². The van der Waals surface area contributed by atoms with Gasteiger partial charge in [-0.05, 0) is 37.0 Å². The van der Waals surface area contributed by atoms with Crippen molar-refractivity contribution in [2.75, 3.05) is 13.2 Å². The van der Waals surface area contributed by atoms with E-state index in [4.69, 9.17) is 4.74 Å². The molecule has 0 bridgehead atoms. The van der Waals surface area contributed by atoms with Crippen molar-refractivity contribution in [2.45, 2.75) is 52.2 Å². The maximum Gasteiger partial charge on any atom is 0.119 e. The highest BCUT2D eigenvalue weighted by Crippen LogP contribution is 2.41. The second-order valence-corrected chi connectivity index (χ2v) is 6.40. The highest BCUT2D eigenvalue weighted by atomic mass is 16.5. The second kappa shape index (κ2) is 6.53. The summed E-state index contributed by atoms with van der Waals surface area (Å²) in [6.45, 7) is 15.9. The molecule has 0 spiro atoms. The van der Waals surface area contributed by atoms with Crippen molar-refractivity contribution in [1.29, 1.82) is 0 Å². The third kappa shape index (κ3) is 4.25. The van der Waals surface area contributed by atoms with E-state index in [1.54, 1.807) is 0 Å². The molecule has 0 atom stereocenters. The Kier molecular flexibility index (Phi) is 5.61. The molecule has 104 valence electrons. The van der Waals surface area contributed by atoms with Gasteiger partial charge in [-0.15, -0.1) is 13.2 Å². The lowest BCUT2D eigenvalue weighted by molar-refractivity contribution is -0.0965. The van der Waals surface area contributed by atoms with E-state index >= 15 is 0 Å². The Labute approximate surface area is 112 Å². The molecule has 1 fully saturated rings. The first kappa shape index (κ1) is 15.5. The smallest absolute Gasteiger partial charge is 0.119 e. The topological polar surface area (TPSA) is 21.3 Å². The Hall–Kier alpha value is -0.600. The number of hydrogen-bond donors (Lipinski definition) is 1. The summed E-state index contributed by atoms with van der Waals surface area (Å²) in [5.74, 6) is 0.795. The van der Waals surface area contributed by atoms with Gasteiger partial charge in [-0.2, -0.15) is 0 Å². The van der Waals surface area contributed by atoms with Crippen LogP contribution >= 0.6 is 0 Å². The molecule has 1 N–H and O–H groups in total. The van der Waals surface area contributed by atoms with Crippen LogP contribution in [0.2, 0.25) is 0 Å². The molecule has 0 amide bonds. The van der Waals surface area contributed by atoms with Crippen LogP contribution in [0.3, 0.4) is 0 Å². The third-order valence-electron chi connectivity index (χ3n) is 4.06. The summed E-state index contributed by atoms with van der Waals surface area (Å²) < 4.78 is 6.01. The van der Waals surface area contributed by atoms with Crippen LogP contribution in [0.1, 0.15) is 46.5 Å². The van der Waals surface area contributed by atoms with Crippen molar-refractivity contribution >= 4 is 0 Å². The SMILES string of the molecule is C=CCNC1(OCC=C)CCC(C(C)(C)C)CC1. The zero-order chi connectivity index (χ0) is 13.6. The van der Waals surface area contributed by atoms with E-state index < -0.39 is 0 Å². The summed E-state index contributed by atoms with van der Waals surface area (Å²) in [6, 6.07) is 0. The van der Waals surface area contributed by atoms with Crippen LogP contribution in [0.25, 0.3) is 0 Å². The van der Waals surface area contributed by atoms with E-state index in [0.29, 0.717) is 12.0 Å². The Morgan fingerprint density at radius 2 is 1.83 bits per heavy atom. The zero-order valence-corrected chi connectivity index (χ0v) is 12.3. The van der Waals surface area contributed by atoms with Gasteiger partial charge in [0.1, 0.15) is 5.72 Å². The van der Waals surface area contributed by atoms with Crippen LogP contribution in [0.4, 0.5) is 0 Å². The molecule has 0 heterocycles. The van der Waals surface area contributed by atoms with Gasteiger partial charge in [-0.25, -0.2) is 0 Å². The molecule has 0 aliphatic heterocycles. The molecule has 0 unspecified atom stereocenters. The molecule has 0 radical (unpaired) electrons. The van der Waals surface area contributed by atoms with Crippen LogP contribution in [0, 0.1) is 11.3 Å². The summed E-state index contributed by atoms with van der Waals surface area (Å²) in [5.41, 5.74) is 0.243. The van der Waals surface area contributed by atoms with Gasteiger partial charge in [-0.3, -0.25) is 5.32 Å². The second-order valence-electron chi connectivity index (χ2n) is 6.40. The lowest BCUT2D eigenvalue weighted by Gasteiger charge is -2.44. The maximum absolute atomic E-state index is 6.01. The molecule has 18 heavy (non-hydrogen) atoms. The Morgan fingerprint density at radius 1 is 1.22 bits per heavy atom. The molecule has 2 nitrogen and oxygen atoms in total. The van der Waals surface area contributed by atoms with Crippen LogP contribution in [0.5, 0.6) is 0 Å². The first-order chi connectivity index (χ1) is 8.43. The first-order valence-electron chi connectivity index (χ1n) is 7.04. The largest absolute Gasteiger partial charge is 0.357 e. The number of ether oxygens (including phenoxy) is 1. The summed E-state index contributed by atoms with van der Waals surface area (Å²) in [6.07, 6.45) is 8.34. The molecule has 1 rings (SSSR count). The molecular formula is C16H29NO. The lowest BCUT2D eigenvalue weighted by Crippen LogP contribution is -2.51. The molecule has 0 aromatic heterocycles. The van der Waals surface area contributed by atoms with Crippen LogP contribution in [-0.2, 0) is 4.74 Å². The van der Waals surface area contributed by atoms with Gasteiger partial charge >= 0.3 is 0 Å². The van der Waals surface area contributed by atoms with Gasteiger partial charge in [0.05, 0.1) is 6.61 Å². The van der Waals surface area contributed by atoms with Crippen LogP contribution in [-0.4, -0.2) is 18.9 Å². The van der Waals surface area contributed by atoms with E-state index in [1.165, 1.54) is 12.8 Å². The van der Waals surface area contributed by atoms with Gasteiger partial charge in [-0.1, -0.05) is 32.9 Å². The minimum absolute atomic E-state index is 0.163. The van der Waals surface area contributed by atoms with Crippen molar-refractivity contribution < 1.29 is 4.74 Å². The lowest BCUT2D eigenvalue weighted by atomic mass is 9.70. The van der Waals surface area contributed by atoms with E-state index in [2.05, 4.69) is 39.2 Å². The molecule has 1 saturated carbocycles. The molecule has 0 aromatic rings. The normalized spacial score (nSPS) is 28.9.